The first-order valence-electron chi connectivity index (χ1n) is 7.18. The van der Waals surface area contributed by atoms with Gasteiger partial charge in [0.2, 0.25) is 0 Å². The van der Waals surface area contributed by atoms with E-state index in [9.17, 15) is 4.79 Å². The Morgan fingerprint density at radius 1 is 1.05 bits per heavy atom. The van der Waals surface area contributed by atoms with Crippen molar-refractivity contribution in [3.8, 4) is 11.5 Å². The third-order valence-electron chi connectivity index (χ3n) is 3.21. The van der Waals surface area contributed by atoms with Crippen molar-refractivity contribution in [1.29, 1.82) is 0 Å². The Bertz CT molecular complexity index is 642. The molecule has 1 heterocycles. The highest BCUT2D eigenvalue weighted by atomic mass is 16.5. The maximum absolute atomic E-state index is 11.8. The first-order chi connectivity index (χ1) is 10.8. The molecular formula is C17H17NO4. The number of hydrogen-bond donors (Lipinski definition) is 1. The van der Waals surface area contributed by atoms with Crippen LogP contribution in [0.1, 0.15) is 12.0 Å². The van der Waals surface area contributed by atoms with E-state index in [1.54, 1.807) is 18.2 Å². The highest BCUT2D eigenvalue weighted by Gasteiger charge is 2.12. The second-order valence-corrected chi connectivity index (χ2v) is 4.90. The Kier molecular flexibility index (Phi) is 4.44. The van der Waals surface area contributed by atoms with Gasteiger partial charge in [-0.3, -0.25) is 5.32 Å². The lowest BCUT2D eigenvalue weighted by atomic mass is 10.2. The summed E-state index contributed by atoms with van der Waals surface area (Å²) in [5, 5.41) is 2.69. The molecule has 2 aromatic rings. The maximum atomic E-state index is 11.8. The van der Waals surface area contributed by atoms with Crippen LogP contribution in [0.4, 0.5) is 10.5 Å². The summed E-state index contributed by atoms with van der Waals surface area (Å²) in [6, 6.07) is 14.8. The summed E-state index contributed by atoms with van der Waals surface area (Å²) >= 11 is 0. The van der Waals surface area contributed by atoms with Crippen molar-refractivity contribution in [3.05, 3.63) is 54.1 Å². The van der Waals surface area contributed by atoms with Gasteiger partial charge in [-0.25, -0.2) is 4.79 Å². The van der Waals surface area contributed by atoms with Crippen LogP contribution in [0.25, 0.3) is 0 Å². The smallest absolute Gasteiger partial charge is 0.411 e. The van der Waals surface area contributed by atoms with Gasteiger partial charge in [-0.05, 0) is 17.7 Å². The topological polar surface area (TPSA) is 56.8 Å². The van der Waals surface area contributed by atoms with E-state index in [0.29, 0.717) is 30.4 Å². The summed E-state index contributed by atoms with van der Waals surface area (Å²) in [6.07, 6.45) is 0.342. The molecule has 0 spiro atoms. The Morgan fingerprint density at radius 3 is 2.64 bits per heavy atom. The molecule has 3 rings (SSSR count). The molecule has 0 bridgehead atoms. The molecule has 5 heteroatoms. The maximum Gasteiger partial charge on any atom is 0.411 e. The second-order valence-electron chi connectivity index (χ2n) is 4.90. The van der Waals surface area contributed by atoms with E-state index in [4.69, 9.17) is 14.2 Å². The SMILES string of the molecule is O=C(Nc1ccc2c(c1)OCCCO2)OCc1ccccc1. The molecule has 0 fully saturated rings. The van der Waals surface area contributed by atoms with Crippen molar-refractivity contribution in [2.75, 3.05) is 18.5 Å². The fraction of sp³-hybridized carbons (Fsp3) is 0.235. The summed E-state index contributed by atoms with van der Waals surface area (Å²) in [6.45, 7) is 1.48. The van der Waals surface area contributed by atoms with Crippen LogP contribution in [0.3, 0.4) is 0 Å². The molecule has 0 aromatic heterocycles. The molecular weight excluding hydrogens is 282 g/mol. The molecule has 0 aliphatic carbocycles. The quantitative estimate of drug-likeness (QED) is 0.941. The standard InChI is InChI=1S/C17H17NO4/c19-17(22-12-13-5-2-1-3-6-13)18-14-7-8-15-16(11-14)21-10-4-9-20-15/h1-3,5-8,11H,4,9-10,12H2,(H,18,19). The molecule has 0 atom stereocenters. The van der Waals surface area contributed by atoms with Gasteiger partial charge >= 0.3 is 6.09 Å². The molecule has 114 valence electrons. The Morgan fingerprint density at radius 2 is 1.82 bits per heavy atom. The molecule has 0 saturated carbocycles. The molecule has 1 amide bonds. The van der Waals surface area contributed by atoms with E-state index >= 15 is 0 Å². The summed E-state index contributed by atoms with van der Waals surface area (Å²) in [4.78, 5) is 11.8. The molecule has 0 unspecified atom stereocenters. The number of fused-ring (bicyclic) bond motifs is 1. The van der Waals surface area contributed by atoms with Crippen LogP contribution in [0, 0.1) is 0 Å². The number of benzene rings is 2. The van der Waals surface area contributed by atoms with E-state index in [-0.39, 0.29) is 6.61 Å². The highest BCUT2D eigenvalue weighted by molar-refractivity contribution is 5.85. The summed E-state index contributed by atoms with van der Waals surface area (Å²) in [7, 11) is 0. The number of ether oxygens (including phenoxy) is 3. The Hall–Kier alpha value is -2.69. The number of carbonyl (C=O) groups is 1. The lowest BCUT2D eigenvalue weighted by Gasteiger charge is -2.10. The average molecular weight is 299 g/mol. The predicted molar refractivity (Wildman–Crippen MR) is 82.3 cm³/mol. The van der Waals surface area contributed by atoms with Gasteiger partial charge in [-0.1, -0.05) is 30.3 Å². The number of nitrogens with one attached hydrogen (secondary N) is 1. The number of hydrogen-bond acceptors (Lipinski definition) is 4. The molecule has 0 radical (unpaired) electrons. The zero-order valence-corrected chi connectivity index (χ0v) is 12.1. The zero-order valence-electron chi connectivity index (χ0n) is 12.1. The number of anilines is 1. The van der Waals surface area contributed by atoms with Crippen molar-refractivity contribution < 1.29 is 19.0 Å². The third kappa shape index (κ3) is 3.69. The van der Waals surface area contributed by atoms with Gasteiger partial charge in [0.1, 0.15) is 6.61 Å². The largest absolute Gasteiger partial charge is 0.490 e. The Labute approximate surface area is 128 Å². The number of amides is 1. The molecule has 1 N–H and O–H groups in total. The monoisotopic (exact) mass is 299 g/mol. The van der Waals surface area contributed by atoms with Crippen LogP contribution < -0.4 is 14.8 Å². The van der Waals surface area contributed by atoms with Gasteiger partial charge in [-0.15, -0.1) is 0 Å². The van der Waals surface area contributed by atoms with Crippen LogP contribution in [0.2, 0.25) is 0 Å². The van der Waals surface area contributed by atoms with Gasteiger partial charge in [0.15, 0.2) is 11.5 Å². The van der Waals surface area contributed by atoms with Crippen LogP contribution in [0.5, 0.6) is 11.5 Å². The first kappa shape index (κ1) is 14.3. The van der Waals surface area contributed by atoms with Gasteiger partial charge in [0.05, 0.1) is 13.2 Å². The fourth-order valence-electron chi connectivity index (χ4n) is 2.12. The average Bonchev–Trinajstić information content (AvgIpc) is 2.79. The molecule has 22 heavy (non-hydrogen) atoms. The van der Waals surface area contributed by atoms with Crippen molar-refractivity contribution in [2.24, 2.45) is 0 Å². The fourth-order valence-corrected chi connectivity index (χ4v) is 2.12. The normalized spacial score (nSPS) is 13.1. The number of rotatable bonds is 3. The third-order valence-corrected chi connectivity index (χ3v) is 3.21. The second kappa shape index (κ2) is 6.85. The summed E-state index contributed by atoms with van der Waals surface area (Å²) in [5.41, 5.74) is 1.55. The highest BCUT2D eigenvalue weighted by Crippen LogP contribution is 2.32. The van der Waals surface area contributed by atoms with Gasteiger partial charge in [-0.2, -0.15) is 0 Å². The van der Waals surface area contributed by atoms with E-state index in [1.165, 1.54) is 0 Å². The van der Waals surface area contributed by atoms with Crippen molar-refractivity contribution in [3.63, 3.8) is 0 Å². The molecule has 5 nitrogen and oxygen atoms in total. The minimum atomic E-state index is -0.502. The number of carbonyl (C=O) groups excluding carboxylic acids is 1. The van der Waals surface area contributed by atoms with E-state index in [1.807, 2.05) is 30.3 Å². The van der Waals surface area contributed by atoms with Crippen LogP contribution >= 0.6 is 0 Å². The van der Waals surface area contributed by atoms with E-state index in [2.05, 4.69) is 5.32 Å². The minimum absolute atomic E-state index is 0.233. The van der Waals surface area contributed by atoms with Crippen LogP contribution in [-0.4, -0.2) is 19.3 Å². The first-order valence-corrected chi connectivity index (χ1v) is 7.18. The minimum Gasteiger partial charge on any atom is -0.490 e. The lowest BCUT2D eigenvalue weighted by molar-refractivity contribution is 0.155. The summed E-state index contributed by atoms with van der Waals surface area (Å²) < 4.78 is 16.3. The molecule has 0 saturated heterocycles. The van der Waals surface area contributed by atoms with Crippen LogP contribution in [0.15, 0.2) is 48.5 Å². The van der Waals surface area contributed by atoms with Gasteiger partial charge < -0.3 is 14.2 Å². The molecule has 2 aromatic carbocycles. The lowest BCUT2D eigenvalue weighted by Crippen LogP contribution is -2.13. The van der Waals surface area contributed by atoms with Crippen molar-refractivity contribution >= 4 is 11.8 Å². The van der Waals surface area contributed by atoms with E-state index in [0.717, 1.165) is 12.0 Å². The van der Waals surface area contributed by atoms with Gasteiger partial charge in [0, 0.05) is 18.2 Å². The van der Waals surface area contributed by atoms with Crippen LogP contribution in [-0.2, 0) is 11.3 Å². The zero-order chi connectivity index (χ0) is 15.2. The molecule has 1 aliphatic rings. The Balaban J connectivity index is 1.58. The summed E-state index contributed by atoms with van der Waals surface area (Å²) in [5.74, 6) is 1.33. The van der Waals surface area contributed by atoms with Crippen molar-refractivity contribution in [1.82, 2.24) is 0 Å². The van der Waals surface area contributed by atoms with E-state index < -0.39 is 6.09 Å². The van der Waals surface area contributed by atoms with Gasteiger partial charge in [0.25, 0.3) is 0 Å². The predicted octanol–water partition coefficient (Wildman–Crippen LogP) is 3.60. The van der Waals surface area contributed by atoms with Crippen molar-refractivity contribution in [2.45, 2.75) is 13.0 Å². The molecule has 1 aliphatic heterocycles.